The number of benzene rings is 2. The van der Waals surface area contributed by atoms with Gasteiger partial charge in [-0.05, 0) is 54.3 Å². The molecule has 3 rings (SSSR count). The number of carbonyl (C=O) groups is 3. The van der Waals surface area contributed by atoms with Crippen molar-refractivity contribution in [2.75, 3.05) is 12.4 Å². The first-order valence-corrected chi connectivity index (χ1v) is 9.18. The standard InChI is InChI=1S/C21H21F2N3O3/c1-11-9-15(11)20(28)25-14-6-3-12(4-7-14)19(27)26-18(21(29)24-2)13-5-8-16(22)17(23)10-13/h3-8,10-11,15,18H,9H2,1-2H3,(H,24,29)(H,25,28)(H,26,27). The van der Waals surface area contributed by atoms with E-state index in [2.05, 4.69) is 16.0 Å². The molecular formula is C21H21F2N3O3. The minimum atomic E-state index is -1.20. The predicted molar refractivity (Wildman–Crippen MR) is 103 cm³/mol. The van der Waals surface area contributed by atoms with Gasteiger partial charge in [-0.1, -0.05) is 13.0 Å². The molecule has 0 aromatic heterocycles. The SMILES string of the molecule is CNC(=O)C(NC(=O)c1ccc(NC(=O)C2CC2C)cc1)c1ccc(F)c(F)c1. The van der Waals surface area contributed by atoms with Crippen LogP contribution in [-0.2, 0) is 9.59 Å². The van der Waals surface area contributed by atoms with Crippen molar-refractivity contribution >= 4 is 23.4 Å². The largest absolute Gasteiger partial charge is 0.357 e. The molecule has 3 amide bonds. The van der Waals surface area contributed by atoms with E-state index in [1.54, 1.807) is 12.1 Å². The van der Waals surface area contributed by atoms with Crippen molar-refractivity contribution < 1.29 is 23.2 Å². The van der Waals surface area contributed by atoms with E-state index in [4.69, 9.17) is 0 Å². The highest BCUT2D eigenvalue weighted by Gasteiger charge is 2.39. The molecule has 0 radical (unpaired) electrons. The number of likely N-dealkylation sites (N-methyl/N-ethyl adjacent to an activating group) is 1. The Balaban J connectivity index is 1.71. The van der Waals surface area contributed by atoms with Gasteiger partial charge >= 0.3 is 0 Å². The molecule has 0 spiro atoms. The minimum absolute atomic E-state index is 0.0300. The van der Waals surface area contributed by atoms with E-state index in [1.165, 1.54) is 25.2 Å². The van der Waals surface area contributed by atoms with Crippen LogP contribution in [0.5, 0.6) is 0 Å². The van der Waals surface area contributed by atoms with Gasteiger partial charge in [0, 0.05) is 24.2 Å². The fourth-order valence-corrected chi connectivity index (χ4v) is 2.98. The Kier molecular flexibility index (Phi) is 5.91. The number of carbonyl (C=O) groups excluding carboxylic acids is 3. The van der Waals surface area contributed by atoms with Crippen molar-refractivity contribution in [1.29, 1.82) is 0 Å². The lowest BCUT2D eigenvalue weighted by atomic mass is 10.0. The van der Waals surface area contributed by atoms with Gasteiger partial charge < -0.3 is 16.0 Å². The lowest BCUT2D eigenvalue weighted by Gasteiger charge is -2.18. The van der Waals surface area contributed by atoms with Gasteiger partial charge in [0.2, 0.25) is 11.8 Å². The maximum Gasteiger partial charge on any atom is 0.252 e. The number of hydrogen-bond acceptors (Lipinski definition) is 3. The molecule has 3 atom stereocenters. The molecule has 0 aliphatic heterocycles. The molecule has 1 aliphatic rings. The lowest BCUT2D eigenvalue weighted by Crippen LogP contribution is -2.39. The molecule has 2 aromatic rings. The number of amides is 3. The summed E-state index contributed by atoms with van der Waals surface area (Å²) in [5.74, 6) is -2.94. The van der Waals surface area contributed by atoms with Crippen molar-refractivity contribution in [2.24, 2.45) is 11.8 Å². The molecule has 152 valence electrons. The number of nitrogens with one attached hydrogen (secondary N) is 3. The second kappa shape index (κ2) is 8.38. The maximum absolute atomic E-state index is 13.5. The molecule has 3 unspecified atom stereocenters. The average Bonchev–Trinajstić information content (AvgIpc) is 3.45. The lowest BCUT2D eigenvalue weighted by molar-refractivity contribution is -0.122. The van der Waals surface area contributed by atoms with E-state index in [0.29, 0.717) is 11.6 Å². The quantitative estimate of drug-likeness (QED) is 0.696. The topological polar surface area (TPSA) is 87.3 Å². The van der Waals surface area contributed by atoms with Gasteiger partial charge in [-0.25, -0.2) is 8.78 Å². The van der Waals surface area contributed by atoms with Gasteiger partial charge in [0.15, 0.2) is 11.6 Å². The van der Waals surface area contributed by atoms with Crippen LogP contribution >= 0.6 is 0 Å². The van der Waals surface area contributed by atoms with Gasteiger partial charge in [-0.3, -0.25) is 14.4 Å². The third kappa shape index (κ3) is 4.77. The van der Waals surface area contributed by atoms with E-state index in [0.717, 1.165) is 18.6 Å². The molecule has 2 aromatic carbocycles. The number of hydrogen-bond donors (Lipinski definition) is 3. The Labute approximate surface area is 166 Å². The van der Waals surface area contributed by atoms with Crippen LogP contribution in [0.3, 0.4) is 0 Å². The summed E-state index contributed by atoms with van der Waals surface area (Å²) in [5, 5.41) is 7.70. The van der Waals surface area contributed by atoms with Crippen LogP contribution in [0, 0.1) is 23.5 Å². The van der Waals surface area contributed by atoms with E-state index >= 15 is 0 Å². The Morgan fingerprint density at radius 3 is 2.24 bits per heavy atom. The monoisotopic (exact) mass is 401 g/mol. The molecular weight excluding hydrogens is 380 g/mol. The van der Waals surface area contributed by atoms with Crippen LogP contribution < -0.4 is 16.0 Å². The van der Waals surface area contributed by atoms with E-state index in [9.17, 15) is 23.2 Å². The highest BCUT2D eigenvalue weighted by Crippen LogP contribution is 2.38. The summed E-state index contributed by atoms with van der Waals surface area (Å²) in [4.78, 5) is 36.7. The molecule has 6 nitrogen and oxygen atoms in total. The first kappa shape index (κ1) is 20.4. The van der Waals surface area contributed by atoms with Crippen LogP contribution in [0.2, 0.25) is 0 Å². The van der Waals surface area contributed by atoms with Crippen LogP contribution in [0.15, 0.2) is 42.5 Å². The highest BCUT2D eigenvalue weighted by atomic mass is 19.2. The number of anilines is 1. The van der Waals surface area contributed by atoms with Crippen molar-refractivity contribution in [1.82, 2.24) is 10.6 Å². The third-order valence-electron chi connectivity index (χ3n) is 4.92. The minimum Gasteiger partial charge on any atom is -0.357 e. The molecule has 3 N–H and O–H groups in total. The van der Waals surface area contributed by atoms with Crippen LogP contribution in [0.25, 0.3) is 0 Å². The molecule has 1 saturated carbocycles. The van der Waals surface area contributed by atoms with Gasteiger partial charge in [-0.2, -0.15) is 0 Å². The average molecular weight is 401 g/mol. The zero-order chi connectivity index (χ0) is 21.1. The van der Waals surface area contributed by atoms with Gasteiger partial charge in [0.1, 0.15) is 6.04 Å². The fraction of sp³-hybridized carbons (Fsp3) is 0.286. The molecule has 0 heterocycles. The summed E-state index contributed by atoms with van der Waals surface area (Å²) in [7, 11) is 1.37. The first-order valence-electron chi connectivity index (χ1n) is 9.18. The summed E-state index contributed by atoms with van der Waals surface area (Å²) in [6, 6.07) is 7.99. The summed E-state index contributed by atoms with van der Waals surface area (Å²) in [5.41, 5.74) is 0.924. The zero-order valence-corrected chi connectivity index (χ0v) is 16.0. The molecule has 0 saturated heterocycles. The molecule has 1 fully saturated rings. The number of rotatable bonds is 6. The summed E-state index contributed by atoms with van der Waals surface area (Å²) in [6.07, 6.45) is 0.872. The fourth-order valence-electron chi connectivity index (χ4n) is 2.98. The van der Waals surface area contributed by atoms with Crippen molar-refractivity contribution in [3.8, 4) is 0 Å². The molecule has 8 heteroatoms. The van der Waals surface area contributed by atoms with Crippen LogP contribution in [0.4, 0.5) is 14.5 Å². The van der Waals surface area contributed by atoms with E-state index in [-0.39, 0.29) is 23.0 Å². The second-order valence-electron chi connectivity index (χ2n) is 7.08. The Morgan fingerprint density at radius 1 is 1.03 bits per heavy atom. The molecule has 0 bridgehead atoms. The Morgan fingerprint density at radius 2 is 1.69 bits per heavy atom. The van der Waals surface area contributed by atoms with Crippen molar-refractivity contribution in [3.63, 3.8) is 0 Å². The summed E-state index contributed by atoms with van der Waals surface area (Å²) >= 11 is 0. The first-order chi connectivity index (χ1) is 13.8. The normalized spacial score (nSPS) is 18.5. The van der Waals surface area contributed by atoms with E-state index < -0.39 is 29.5 Å². The van der Waals surface area contributed by atoms with Crippen LogP contribution in [-0.4, -0.2) is 24.8 Å². The van der Waals surface area contributed by atoms with Crippen LogP contribution in [0.1, 0.15) is 35.3 Å². The Hall–Kier alpha value is -3.29. The third-order valence-corrected chi connectivity index (χ3v) is 4.92. The van der Waals surface area contributed by atoms with Crippen molar-refractivity contribution in [3.05, 3.63) is 65.2 Å². The molecule has 29 heavy (non-hydrogen) atoms. The smallest absolute Gasteiger partial charge is 0.252 e. The van der Waals surface area contributed by atoms with Gasteiger partial charge in [-0.15, -0.1) is 0 Å². The highest BCUT2D eigenvalue weighted by molar-refractivity contribution is 5.99. The van der Waals surface area contributed by atoms with Gasteiger partial charge in [0.25, 0.3) is 5.91 Å². The molecule has 1 aliphatic carbocycles. The second-order valence-corrected chi connectivity index (χ2v) is 7.08. The summed E-state index contributed by atoms with van der Waals surface area (Å²) < 4.78 is 26.7. The van der Waals surface area contributed by atoms with Crippen molar-refractivity contribution in [2.45, 2.75) is 19.4 Å². The van der Waals surface area contributed by atoms with Gasteiger partial charge in [0.05, 0.1) is 0 Å². The number of halogens is 2. The zero-order valence-electron chi connectivity index (χ0n) is 16.0. The summed E-state index contributed by atoms with van der Waals surface area (Å²) in [6.45, 7) is 2.01. The Bertz CT molecular complexity index is 947. The predicted octanol–water partition coefficient (Wildman–Crippen LogP) is 2.78. The van der Waals surface area contributed by atoms with E-state index in [1.807, 2.05) is 6.92 Å². The maximum atomic E-state index is 13.5.